The van der Waals surface area contributed by atoms with E-state index in [4.69, 9.17) is 9.47 Å². The summed E-state index contributed by atoms with van der Waals surface area (Å²) < 4.78 is 12.5. The lowest BCUT2D eigenvalue weighted by atomic mass is 10.0. The molecular formula is C22H24I2O4. The molecule has 0 aliphatic rings. The summed E-state index contributed by atoms with van der Waals surface area (Å²) in [5.41, 5.74) is 4.12. The summed E-state index contributed by atoms with van der Waals surface area (Å²) in [5, 5.41) is 0. The molecule has 0 heterocycles. The van der Waals surface area contributed by atoms with Crippen LogP contribution in [0.25, 0.3) is 11.1 Å². The highest BCUT2D eigenvalue weighted by atomic mass is 127. The zero-order valence-corrected chi connectivity index (χ0v) is 20.0. The molecule has 0 N–H and O–H groups in total. The summed E-state index contributed by atoms with van der Waals surface area (Å²) in [4.78, 5) is 23.2. The first-order valence-electron chi connectivity index (χ1n) is 9.24. The zero-order valence-electron chi connectivity index (χ0n) is 15.7. The van der Waals surface area contributed by atoms with Crippen molar-refractivity contribution in [2.75, 3.05) is 8.86 Å². The minimum atomic E-state index is -0.147. The molecule has 0 fully saturated rings. The molecule has 0 aliphatic carbocycles. The lowest BCUT2D eigenvalue weighted by Crippen LogP contribution is -2.04. The van der Waals surface area contributed by atoms with Crippen LogP contribution in [-0.4, -0.2) is 20.8 Å². The van der Waals surface area contributed by atoms with Crippen molar-refractivity contribution in [3.8, 4) is 11.1 Å². The Labute approximate surface area is 193 Å². The number of benzene rings is 2. The Morgan fingerprint density at radius 3 is 1.32 bits per heavy atom. The predicted molar refractivity (Wildman–Crippen MR) is 128 cm³/mol. The predicted octanol–water partition coefficient (Wildman–Crippen LogP) is 5.87. The van der Waals surface area contributed by atoms with Crippen LogP contribution in [0.15, 0.2) is 48.5 Å². The molecule has 6 heteroatoms. The monoisotopic (exact) mass is 606 g/mol. The molecule has 0 spiro atoms. The van der Waals surface area contributed by atoms with Gasteiger partial charge in [-0.25, -0.2) is 0 Å². The maximum absolute atomic E-state index is 11.6. The number of alkyl halides is 2. The summed E-state index contributed by atoms with van der Waals surface area (Å²) in [7, 11) is 0. The standard InChI is InChI=1S/C22H24I2O4/c23-13-1-3-21(25)27-15-17-5-9-19(10-6-17)20-11-7-18(8-12-20)16-28-22(26)4-2-14-24/h5-12H,1-4,13-16H2. The number of carbonyl (C=O) groups is 2. The molecule has 0 radical (unpaired) electrons. The van der Waals surface area contributed by atoms with Crippen LogP contribution >= 0.6 is 45.2 Å². The zero-order chi connectivity index (χ0) is 20.2. The fraction of sp³-hybridized carbons (Fsp3) is 0.364. The number of hydrogen-bond donors (Lipinski definition) is 0. The molecule has 2 aromatic rings. The summed E-state index contributed by atoms with van der Waals surface area (Å²) in [6, 6.07) is 16.0. The lowest BCUT2D eigenvalue weighted by molar-refractivity contribution is -0.145. The van der Waals surface area contributed by atoms with Crippen molar-refractivity contribution in [1.82, 2.24) is 0 Å². The lowest BCUT2D eigenvalue weighted by Gasteiger charge is -2.08. The van der Waals surface area contributed by atoms with Crippen LogP contribution < -0.4 is 0 Å². The molecule has 28 heavy (non-hydrogen) atoms. The fourth-order valence-electron chi connectivity index (χ4n) is 2.48. The first-order chi connectivity index (χ1) is 13.6. The third-order valence-electron chi connectivity index (χ3n) is 4.07. The van der Waals surface area contributed by atoms with Crippen molar-refractivity contribution in [1.29, 1.82) is 0 Å². The Balaban J connectivity index is 1.84. The highest BCUT2D eigenvalue weighted by molar-refractivity contribution is 14.1. The van der Waals surface area contributed by atoms with Crippen molar-refractivity contribution in [2.45, 2.75) is 38.9 Å². The van der Waals surface area contributed by atoms with Gasteiger partial charge in [0, 0.05) is 21.7 Å². The van der Waals surface area contributed by atoms with E-state index in [-0.39, 0.29) is 11.9 Å². The van der Waals surface area contributed by atoms with Crippen LogP contribution in [0.5, 0.6) is 0 Å². The molecule has 0 aromatic heterocycles. The van der Waals surface area contributed by atoms with Crippen LogP contribution in [0.4, 0.5) is 0 Å². The molecule has 2 rings (SSSR count). The largest absolute Gasteiger partial charge is 0.461 e. The summed E-state index contributed by atoms with van der Waals surface area (Å²) in [6.07, 6.45) is 2.65. The molecule has 0 aliphatic heterocycles. The van der Waals surface area contributed by atoms with Crippen LogP contribution in [0, 0.1) is 0 Å². The van der Waals surface area contributed by atoms with Gasteiger partial charge in [-0.2, -0.15) is 0 Å². The third kappa shape index (κ3) is 8.46. The maximum atomic E-state index is 11.6. The second-order valence-corrected chi connectivity index (χ2v) is 8.46. The van der Waals surface area contributed by atoms with E-state index in [1.807, 2.05) is 48.5 Å². The van der Waals surface area contributed by atoms with E-state index < -0.39 is 0 Å². The number of hydrogen-bond acceptors (Lipinski definition) is 4. The molecule has 0 atom stereocenters. The van der Waals surface area contributed by atoms with Crippen molar-refractivity contribution in [2.24, 2.45) is 0 Å². The average Bonchev–Trinajstić information content (AvgIpc) is 2.74. The number of esters is 2. The average molecular weight is 606 g/mol. The van der Waals surface area contributed by atoms with E-state index in [0.29, 0.717) is 26.1 Å². The molecule has 0 amide bonds. The first kappa shape index (κ1) is 23.1. The van der Waals surface area contributed by atoms with Gasteiger partial charge in [0.2, 0.25) is 0 Å². The van der Waals surface area contributed by atoms with Crippen LogP contribution in [0.2, 0.25) is 0 Å². The number of ether oxygens (including phenoxy) is 2. The molecule has 0 bridgehead atoms. The normalized spacial score (nSPS) is 10.5. The first-order valence-corrected chi connectivity index (χ1v) is 12.3. The van der Waals surface area contributed by atoms with E-state index in [0.717, 1.165) is 44.0 Å². The summed E-state index contributed by atoms with van der Waals surface area (Å²) >= 11 is 4.51. The van der Waals surface area contributed by atoms with Crippen LogP contribution in [0.1, 0.15) is 36.8 Å². The van der Waals surface area contributed by atoms with Gasteiger partial charge < -0.3 is 9.47 Å². The van der Waals surface area contributed by atoms with Crippen molar-refractivity contribution in [3.63, 3.8) is 0 Å². The number of carbonyl (C=O) groups excluding carboxylic acids is 2. The molecule has 2 aromatic carbocycles. The quantitative estimate of drug-likeness (QED) is 0.183. The molecule has 0 saturated carbocycles. The molecule has 4 nitrogen and oxygen atoms in total. The Morgan fingerprint density at radius 1 is 0.643 bits per heavy atom. The second kappa shape index (κ2) is 13.1. The Kier molecular flexibility index (Phi) is 10.8. The van der Waals surface area contributed by atoms with Crippen LogP contribution in [0.3, 0.4) is 0 Å². The Hall–Kier alpha value is -1.16. The third-order valence-corrected chi connectivity index (χ3v) is 5.60. The van der Waals surface area contributed by atoms with Gasteiger partial charge in [-0.05, 0) is 35.1 Å². The molecule has 0 unspecified atom stereocenters. The van der Waals surface area contributed by atoms with Crippen molar-refractivity contribution >= 4 is 57.1 Å². The van der Waals surface area contributed by atoms with Gasteiger partial charge >= 0.3 is 11.9 Å². The minimum Gasteiger partial charge on any atom is -0.461 e. The van der Waals surface area contributed by atoms with Gasteiger partial charge in [0.15, 0.2) is 0 Å². The van der Waals surface area contributed by atoms with Gasteiger partial charge in [0.05, 0.1) is 0 Å². The van der Waals surface area contributed by atoms with Gasteiger partial charge in [0.1, 0.15) is 13.2 Å². The molecule has 150 valence electrons. The van der Waals surface area contributed by atoms with E-state index in [2.05, 4.69) is 45.2 Å². The highest BCUT2D eigenvalue weighted by Gasteiger charge is 2.05. The minimum absolute atomic E-state index is 0.147. The van der Waals surface area contributed by atoms with E-state index >= 15 is 0 Å². The van der Waals surface area contributed by atoms with E-state index in [1.54, 1.807) is 0 Å². The van der Waals surface area contributed by atoms with E-state index in [1.165, 1.54) is 0 Å². The number of rotatable bonds is 11. The van der Waals surface area contributed by atoms with Crippen molar-refractivity contribution < 1.29 is 19.1 Å². The topological polar surface area (TPSA) is 52.6 Å². The van der Waals surface area contributed by atoms with Gasteiger partial charge in [0.25, 0.3) is 0 Å². The summed E-state index contributed by atoms with van der Waals surface area (Å²) in [5.74, 6) is -0.294. The van der Waals surface area contributed by atoms with Crippen molar-refractivity contribution in [3.05, 3.63) is 59.7 Å². The van der Waals surface area contributed by atoms with Crippen LogP contribution in [-0.2, 0) is 32.3 Å². The Morgan fingerprint density at radius 2 is 1.00 bits per heavy atom. The smallest absolute Gasteiger partial charge is 0.306 e. The highest BCUT2D eigenvalue weighted by Crippen LogP contribution is 2.21. The molecule has 0 saturated heterocycles. The van der Waals surface area contributed by atoms with Gasteiger partial charge in [-0.3, -0.25) is 9.59 Å². The van der Waals surface area contributed by atoms with Gasteiger partial charge in [-0.15, -0.1) is 0 Å². The molecular weight excluding hydrogens is 582 g/mol. The summed E-state index contributed by atoms with van der Waals surface area (Å²) in [6.45, 7) is 0.616. The van der Waals surface area contributed by atoms with E-state index in [9.17, 15) is 9.59 Å². The maximum Gasteiger partial charge on any atom is 0.306 e. The number of halogens is 2. The van der Waals surface area contributed by atoms with Gasteiger partial charge in [-0.1, -0.05) is 93.7 Å². The SMILES string of the molecule is O=C(CCCI)OCc1ccc(-c2ccc(COC(=O)CCCI)cc2)cc1. The fourth-order valence-corrected chi connectivity index (χ4v) is 3.24. The Bertz CT molecular complexity index is 677. The second-order valence-electron chi connectivity index (χ2n) is 6.30.